The highest BCUT2D eigenvalue weighted by Gasteiger charge is 2.24. The minimum atomic E-state index is -3.89. The second kappa shape index (κ2) is 7.58. The largest absolute Gasteiger partial charge is 0.480 e. The molecule has 0 aliphatic rings. The van der Waals surface area contributed by atoms with Gasteiger partial charge in [0.1, 0.15) is 6.04 Å². The zero-order valence-electron chi connectivity index (χ0n) is 10.9. The zero-order valence-corrected chi connectivity index (χ0v) is 12.4. The molecule has 0 spiro atoms. The minimum Gasteiger partial charge on any atom is -0.480 e. The van der Waals surface area contributed by atoms with E-state index in [9.17, 15) is 13.2 Å². The van der Waals surface area contributed by atoms with E-state index in [0.717, 1.165) is 0 Å². The van der Waals surface area contributed by atoms with Crippen LogP contribution in [0, 0.1) is 0 Å². The number of carboxylic acid groups (broad SMARTS) is 1. The van der Waals surface area contributed by atoms with Gasteiger partial charge >= 0.3 is 5.97 Å². The number of nitrogens with one attached hydrogen (secondary N) is 1. The summed E-state index contributed by atoms with van der Waals surface area (Å²) in [6.45, 7) is 0.368. The Bertz CT molecular complexity index is 543. The molecule has 0 heterocycles. The van der Waals surface area contributed by atoms with Gasteiger partial charge in [-0.3, -0.25) is 4.79 Å². The highest BCUT2D eigenvalue weighted by Crippen LogP contribution is 2.15. The predicted molar refractivity (Wildman–Crippen MR) is 74.3 cm³/mol. The van der Waals surface area contributed by atoms with Gasteiger partial charge in [-0.05, 0) is 37.1 Å². The van der Waals surface area contributed by atoms with Gasteiger partial charge in [-0.1, -0.05) is 11.6 Å². The molecule has 1 unspecified atom stereocenters. The third kappa shape index (κ3) is 5.09. The van der Waals surface area contributed by atoms with Crippen molar-refractivity contribution in [3.05, 3.63) is 29.3 Å². The van der Waals surface area contributed by atoms with E-state index in [0.29, 0.717) is 18.1 Å². The van der Waals surface area contributed by atoms with Crippen LogP contribution in [0.25, 0.3) is 0 Å². The molecule has 2 N–H and O–H groups in total. The van der Waals surface area contributed by atoms with Crippen molar-refractivity contribution in [1.29, 1.82) is 0 Å². The van der Waals surface area contributed by atoms with Gasteiger partial charge in [0.15, 0.2) is 0 Å². The van der Waals surface area contributed by atoms with Crippen LogP contribution < -0.4 is 4.72 Å². The SMILES string of the molecule is COCCCC(NS(=O)(=O)c1ccc(Cl)cc1)C(=O)O. The highest BCUT2D eigenvalue weighted by molar-refractivity contribution is 7.89. The fourth-order valence-corrected chi connectivity index (χ4v) is 2.88. The maximum Gasteiger partial charge on any atom is 0.321 e. The molecule has 6 nitrogen and oxygen atoms in total. The van der Waals surface area contributed by atoms with Crippen molar-refractivity contribution in [3.8, 4) is 0 Å². The second-order valence-electron chi connectivity index (χ2n) is 4.10. The van der Waals surface area contributed by atoms with E-state index in [4.69, 9.17) is 21.4 Å². The molecular formula is C12H16ClNO5S. The Morgan fingerprint density at radius 1 is 1.40 bits per heavy atom. The minimum absolute atomic E-state index is 0.0279. The molecule has 1 atom stereocenters. The Morgan fingerprint density at radius 2 is 2.00 bits per heavy atom. The standard InChI is InChI=1S/C12H16ClNO5S/c1-19-8-2-3-11(12(15)16)14-20(17,18)10-6-4-9(13)5-7-10/h4-7,11,14H,2-3,8H2,1H3,(H,15,16). The molecule has 1 rings (SSSR count). The van der Waals surface area contributed by atoms with E-state index in [1.807, 2.05) is 0 Å². The smallest absolute Gasteiger partial charge is 0.321 e. The number of hydrogen-bond donors (Lipinski definition) is 2. The van der Waals surface area contributed by atoms with Gasteiger partial charge in [0.25, 0.3) is 0 Å². The lowest BCUT2D eigenvalue weighted by atomic mass is 10.2. The molecule has 0 radical (unpaired) electrons. The number of carboxylic acids is 1. The van der Waals surface area contributed by atoms with Crippen molar-refractivity contribution in [2.45, 2.75) is 23.8 Å². The molecule has 0 saturated heterocycles. The normalized spacial score (nSPS) is 13.1. The molecule has 0 amide bonds. The van der Waals surface area contributed by atoms with Crippen LogP contribution >= 0.6 is 11.6 Å². The predicted octanol–water partition coefficient (Wildman–Crippen LogP) is 1.50. The second-order valence-corrected chi connectivity index (χ2v) is 6.25. The average molecular weight is 322 g/mol. The molecule has 8 heteroatoms. The van der Waals surface area contributed by atoms with Gasteiger partial charge in [0.2, 0.25) is 10.0 Å². The van der Waals surface area contributed by atoms with Crippen LogP contribution in [0.1, 0.15) is 12.8 Å². The van der Waals surface area contributed by atoms with E-state index in [1.165, 1.54) is 31.4 Å². The third-order valence-electron chi connectivity index (χ3n) is 2.56. The van der Waals surface area contributed by atoms with E-state index in [-0.39, 0.29) is 11.3 Å². The van der Waals surface area contributed by atoms with Crippen molar-refractivity contribution in [2.75, 3.05) is 13.7 Å². The number of methoxy groups -OCH3 is 1. The molecule has 112 valence electrons. The number of ether oxygens (including phenoxy) is 1. The molecule has 0 aliphatic heterocycles. The van der Waals surface area contributed by atoms with Gasteiger partial charge in [-0.2, -0.15) is 4.72 Å². The fourth-order valence-electron chi connectivity index (χ4n) is 1.53. The number of rotatable bonds is 8. The van der Waals surface area contributed by atoms with Crippen LogP contribution in [0.5, 0.6) is 0 Å². The summed E-state index contributed by atoms with van der Waals surface area (Å²) < 4.78 is 31.1. The number of carbonyl (C=O) groups is 1. The summed E-state index contributed by atoms with van der Waals surface area (Å²) in [6, 6.07) is 4.30. The summed E-state index contributed by atoms with van der Waals surface area (Å²) in [6.07, 6.45) is 0.590. The molecule has 0 saturated carbocycles. The van der Waals surface area contributed by atoms with Crippen molar-refractivity contribution in [1.82, 2.24) is 4.72 Å². The summed E-state index contributed by atoms with van der Waals surface area (Å²) in [5.41, 5.74) is 0. The average Bonchev–Trinajstić information content (AvgIpc) is 2.38. The Labute approximate surface area is 122 Å². The summed E-state index contributed by atoms with van der Waals surface area (Å²) in [5, 5.41) is 9.44. The lowest BCUT2D eigenvalue weighted by Crippen LogP contribution is -2.40. The maximum atomic E-state index is 12.0. The van der Waals surface area contributed by atoms with Crippen LogP contribution in [-0.4, -0.2) is 39.3 Å². The molecule has 0 aliphatic carbocycles. The molecule has 0 bridgehead atoms. The monoisotopic (exact) mass is 321 g/mol. The van der Waals surface area contributed by atoms with Gasteiger partial charge in [-0.25, -0.2) is 8.42 Å². The number of sulfonamides is 1. The van der Waals surface area contributed by atoms with Crippen molar-refractivity contribution in [3.63, 3.8) is 0 Å². The lowest BCUT2D eigenvalue weighted by molar-refractivity contribution is -0.139. The Morgan fingerprint density at radius 3 is 2.50 bits per heavy atom. The third-order valence-corrected chi connectivity index (χ3v) is 4.30. The van der Waals surface area contributed by atoms with Crippen molar-refractivity contribution >= 4 is 27.6 Å². The fraction of sp³-hybridized carbons (Fsp3) is 0.417. The first-order chi connectivity index (χ1) is 9.36. The van der Waals surface area contributed by atoms with Crippen molar-refractivity contribution in [2.24, 2.45) is 0 Å². The molecular weight excluding hydrogens is 306 g/mol. The van der Waals surface area contributed by atoms with E-state index >= 15 is 0 Å². The number of halogens is 1. The van der Waals surface area contributed by atoms with Crippen LogP contribution in [0.4, 0.5) is 0 Å². The van der Waals surface area contributed by atoms with Gasteiger partial charge in [0.05, 0.1) is 4.90 Å². The van der Waals surface area contributed by atoms with Crippen LogP contribution in [0.2, 0.25) is 5.02 Å². The van der Waals surface area contributed by atoms with E-state index in [1.54, 1.807) is 0 Å². The molecule has 1 aromatic carbocycles. The molecule has 1 aromatic rings. The van der Waals surface area contributed by atoms with Crippen LogP contribution in [0.15, 0.2) is 29.2 Å². The maximum absolute atomic E-state index is 12.0. The highest BCUT2D eigenvalue weighted by atomic mass is 35.5. The molecule has 0 fully saturated rings. The van der Waals surface area contributed by atoms with Gasteiger partial charge in [-0.15, -0.1) is 0 Å². The van der Waals surface area contributed by atoms with Gasteiger partial charge in [0, 0.05) is 18.7 Å². The first kappa shape index (κ1) is 16.9. The Hall–Kier alpha value is -1.15. The van der Waals surface area contributed by atoms with E-state index < -0.39 is 22.0 Å². The van der Waals surface area contributed by atoms with Gasteiger partial charge < -0.3 is 9.84 Å². The lowest BCUT2D eigenvalue weighted by Gasteiger charge is -2.14. The number of aliphatic carboxylic acids is 1. The molecule has 0 aromatic heterocycles. The summed E-state index contributed by atoms with van der Waals surface area (Å²) in [5.74, 6) is -1.22. The zero-order chi connectivity index (χ0) is 15.2. The van der Waals surface area contributed by atoms with Crippen molar-refractivity contribution < 1.29 is 23.1 Å². The summed E-state index contributed by atoms with van der Waals surface area (Å²) in [4.78, 5) is 11.0. The quantitative estimate of drug-likeness (QED) is 0.708. The molecule has 20 heavy (non-hydrogen) atoms. The summed E-state index contributed by atoms with van der Waals surface area (Å²) >= 11 is 5.68. The topological polar surface area (TPSA) is 92.7 Å². The van der Waals surface area contributed by atoms with Crippen LogP contribution in [0.3, 0.4) is 0 Å². The first-order valence-electron chi connectivity index (χ1n) is 5.86. The Kier molecular flexibility index (Phi) is 6.41. The Balaban J connectivity index is 2.80. The number of benzene rings is 1. The first-order valence-corrected chi connectivity index (χ1v) is 7.72. The number of hydrogen-bond acceptors (Lipinski definition) is 4. The van der Waals surface area contributed by atoms with E-state index in [2.05, 4.69) is 4.72 Å². The summed E-state index contributed by atoms with van der Waals surface area (Å²) in [7, 11) is -2.40. The van der Waals surface area contributed by atoms with Crippen LogP contribution in [-0.2, 0) is 19.6 Å².